The van der Waals surface area contributed by atoms with Crippen molar-refractivity contribution in [2.45, 2.75) is 26.3 Å². The number of hydrogen-bond donors (Lipinski definition) is 3. The topological polar surface area (TPSA) is 90.1 Å². The molecule has 0 radical (unpaired) electrons. The number of imidazole rings is 1. The normalized spacial score (nSPS) is 17.5. The molecular weight excluding hydrogens is 306 g/mol. The second-order valence-corrected chi connectivity index (χ2v) is 6.03. The average Bonchev–Trinajstić information content (AvgIpc) is 3.06. The minimum absolute atomic E-state index is 0.146. The largest absolute Gasteiger partial charge is 0.353 e. The van der Waals surface area contributed by atoms with Crippen LogP contribution in [0.3, 0.4) is 0 Å². The number of nitrogens with zero attached hydrogens (tertiary/aromatic N) is 2. The van der Waals surface area contributed by atoms with Crippen LogP contribution in [0, 0.1) is 13.8 Å². The summed E-state index contributed by atoms with van der Waals surface area (Å²) in [5, 5.41) is 5.75. The van der Waals surface area contributed by atoms with E-state index in [0.29, 0.717) is 19.5 Å². The van der Waals surface area contributed by atoms with Crippen molar-refractivity contribution in [3.8, 4) is 0 Å². The molecule has 1 aromatic heterocycles. The molecule has 0 bridgehead atoms. The summed E-state index contributed by atoms with van der Waals surface area (Å²) in [5.74, 6) is -0.146. The van der Waals surface area contributed by atoms with E-state index < -0.39 is 6.04 Å². The highest BCUT2D eigenvalue weighted by Crippen LogP contribution is 2.18. The number of piperazine rings is 1. The zero-order chi connectivity index (χ0) is 17.1. The number of aromatic nitrogens is 2. The van der Waals surface area contributed by atoms with Crippen molar-refractivity contribution in [3.63, 3.8) is 0 Å². The van der Waals surface area contributed by atoms with E-state index in [1.54, 1.807) is 17.4 Å². The highest BCUT2D eigenvalue weighted by Gasteiger charge is 2.33. The number of urea groups is 1. The van der Waals surface area contributed by atoms with E-state index in [-0.39, 0.29) is 11.9 Å². The lowest BCUT2D eigenvalue weighted by Gasteiger charge is -2.35. The molecule has 2 heterocycles. The van der Waals surface area contributed by atoms with Crippen molar-refractivity contribution in [1.82, 2.24) is 20.2 Å². The molecule has 3 N–H and O–H groups in total. The van der Waals surface area contributed by atoms with Crippen molar-refractivity contribution >= 4 is 17.6 Å². The third-order valence-corrected chi connectivity index (χ3v) is 4.19. The van der Waals surface area contributed by atoms with Crippen LogP contribution < -0.4 is 10.6 Å². The number of aryl methyl sites for hydroxylation is 2. The molecule has 24 heavy (non-hydrogen) atoms. The monoisotopic (exact) mass is 327 g/mol. The minimum atomic E-state index is -0.552. The number of benzene rings is 1. The van der Waals surface area contributed by atoms with Gasteiger partial charge in [0.2, 0.25) is 5.91 Å². The number of anilines is 1. The van der Waals surface area contributed by atoms with Crippen molar-refractivity contribution < 1.29 is 9.59 Å². The van der Waals surface area contributed by atoms with E-state index in [4.69, 9.17) is 0 Å². The molecule has 3 amide bonds. The van der Waals surface area contributed by atoms with Crippen LogP contribution >= 0.6 is 0 Å². The maximum Gasteiger partial charge on any atom is 0.322 e. The van der Waals surface area contributed by atoms with Gasteiger partial charge in [-0.2, -0.15) is 0 Å². The standard InChI is InChI=1S/C17H21N5O2/c1-11-3-4-12(2)14(7-11)21-17(24)22-6-5-19-16(23)15(22)8-13-9-18-10-20-13/h3-4,7,9-10,15H,5-6,8H2,1-2H3,(H,18,20)(H,19,23)(H,21,24). The van der Waals surface area contributed by atoms with E-state index in [1.165, 1.54) is 0 Å². The molecule has 0 spiro atoms. The zero-order valence-corrected chi connectivity index (χ0v) is 13.8. The van der Waals surface area contributed by atoms with Gasteiger partial charge in [0, 0.05) is 37.1 Å². The van der Waals surface area contributed by atoms with Crippen molar-refractivity contribution in [2.24, 2.45) is 0 Å². The van der Waals surface area contributed by atoms with Gasteiger partial charge in [0.1, 0.15) is 6.04 Å². The van der Waals surface area contributed by atoms with E-state index in [0.717, 1.165) is 22.5 Å². The summed E-state index contributed by atoms with van der Waals surface area (Å²) < 4.78 is 0. The molecular formula is C17H21N5O2. The molecule has 7 heteroatoms. The number of carbonyl (C=O) groups excluding carboxylic acids is 2. The van der Waals surface area contributed by atoms with Gasteiger partial charge in [-0.15, -0.1) is 0 Å². The summed E-state index contributed by atoms with van der Waals surface area (Å²) in [4.78, 5) is 33.5. The van der Waals surface area contributed by atoms with Crippen LogP contribution in [0.2, 0.25) is 0 Å². The van der Waals surface area contributed by atoms with Crippen molar-refractivity contribution in [3.05, 3.63) is 47.5 Å². The molecule has 3 rings (SSSR count). The first kappa shape index (κ1) is 16.0. The summed E-state index contributed by atoms with van der Waals surface area (Å²) in [6, 6.07) is 5.09. The van der Waals surface area contributed by atoms with Crippen LogP contribution in [0.4, 0.5) is 10.5 Å². The van der Waals surface area contributed by atoms with E-state index in [9.17, 15) is 9.59 Å². The Kier molecular flexibility index (Phi) is 4.50. The minimum Gasteiger partial charge on any atom is -0.353 e. The number of nitrogens with one attached hydrogen (secondary N) is 3. The maximum absolute atomic E-state index is 12.7. The number of H-pyrrole nitrogens is 1. The third-order valence-electron chi connectivity index (χ3n) is 4.19. The fourth-order valence-electron chi connectivity index (χ4n) is 2.82. The molecule has 1 aliphatic rings. The Morgan fingerprint density at radius 3 is 3.00 bits per heavy atom. The Bertz CT molecular complexity index is 741. The molecule has 1 unspecified atom stereocenters. The molecule has 2 aromatic rings. The zero-order valence-electron chi connectivity index (χ0n) is 13.8. The Hall–Kier alpha value is -2.83. The van der Waals surface area contributed by atoms with E-state index >= 15 is 0 Å². The smallest absolute Gasteiger partial charge is 0.322 e. The Labute approximate surface area is 140 Å². The summed E-state index contributed by atoms with van der Waals surface area (Å²) in [5.41, 5.74) is 3.65. The van der Waals surface area contributed by atoms with Gasteiger partial charge >= 0.3 is 6.03 Å². The molecule has 1 aromatic carbocycles. The first-order valence-electron chi connectivity index (χ1n) is 7.94. The number of hydrogen-bond acceptors (Lipinski definition) is 3. The average molecular weight is 327 g/mol. The maximum atomic E-state index is 12.7. The highest BCUT2D eigenvalue weighted by molar-refractivity contribution is 5.95. The number of amides is 3. The van der Waals surface area contributed by atoms with Crippen LogP contribution in [0.15, 0.2) is 30.7 Å². The van der Waals surface area contributed by atoms with Gasteiger partial charge in [0.15, 0.2) is 0 Å². The van der Waals surface area contributed by atoms with Crippen molar-refractivity contribution in [1.29, 1.82) is 0 Å². The second-order valence-electron chi connectivity index (χ2n) is 6.03. The summed E-state index contributed by atoms with van der Waals surface area (Å²) in [6.45, 7) is 4.85. The van der Waals surface area contributed by atoms with Gasteiger partial charge in [0.05, 0.1) is 6.33 Å². The van der Waals surface area contributed by atoms with Gasteiger partial charge in [0.25, 0.3) is 0 Å². The predicted molar refractivity (Wildman–Crippen MR) is 90.7 cm³/mol. The van der Waals surface area contributed by atoms with Crippen LogP contribution in [-0.2, 0) is 11.2 Å². The van der Waals surface area contributed by atoms with Crippen LogP contribution in [0.25, 0.3) is 0 Å². The van der Waals surface area contributed by atoms with Gasteiger partial charge in [-0.1, -0.05) is 12.1 Å². The Morgan fingerprint density at radius 2 is 2.25 bits per heavy atom. The molecule has 1 aliphatic heterocycles. The summed E-state index contributed by atoms with van der Waals surface area (Å²) >= 11 is 0. The van der Waals surface area contributed by atoms with Gasteiger partial charge in [-0.05, 0) is 31.0 Å². The van der Waals surface area contributed by atoms with Gasteiger partial charge in [-0.25, -0.2) is 9.78 Å². The molecule has 1 fully saturated rings. The third kappa shape index (κ3) is 3.40. The molecule has 126 valence electrons. The van der Waals surface area contributed by atoms with Crippen LogP contribution in [-0.4, -0.2) is 45.9 Å². The molecule has 1 atom stereocenters. The van der Waals surface area contributed by atoms with Crippen molar-refractivity contribution in [2.75, 3.05) is 18.4 Å². The Morgan fingerprint density at radius 1 is 1.42 bits per heavy atom. The van der Waals surface area contributed by atoms with Crippen LogP contribution in [0.5, 0.6) is 0 Å². The molecule has 0 aliphatic carbocycles. The SMILES string of the molecule is Cc1ccc(C)c(NC(=O)N2CCNC(=O)C2Cc2cnc[nH]2)c1. The first-order valence-corrected chi connectivity index (χ1v) is 7.94. The summed E-state index contributed by atoms with van der Waals surface area (Å²) in [6.07, 6.45) is 3.64. The molecule has 1 saturated heterocycles. The Balaban J connectivity index is 1.78. The van der Waals surface area contributed by atoms with E-state index in [2.05, 4.69) is 20.6 Å². The van der Waals surface area contributed by atoms with Crippen LogP contribution in [0.1, 0.15) is 16.8 Å². The lowest BCUT2D eigenvalue weighted by Crippen LogP contribution is -2.59. The molecule has 7 nitrogen and oxygen atoms in total. The van der Waals surface area contributed by atoms with Gasteiger partial charge < -0.3 is 20.5 Å². The first-order chi connectivity index (χ1) is 11.5. The van der Waals surface area contributed by atoms with E-state index in [1.807, 2.05) is 32.0 Å². The van der Waals surface area contributed by atoms with Gasteiger partial charge in [-0.3, -0.25) is 4.79 Å². The molecule has 0 saturated carbocycles. The lowest BCUT2D eigenvalue weighted by molar-refractivity contribution is -0.127. The predicted octanol–water partition coefficient (Wildman–Crippen LogP) is 1.60. The number of carbonyl (C=O) groups is 2. The highest BCUT2D eigenvalue weighted by atomic mass is 16.2. The fraction of sp³-hybridized carbons (Fsp3) is 0.353. The fourth-order valence-corrected chi connectivity index (χ4v) is 2.82. The number of rotatable bonds is 3. The number of aromatic amines is 1. The lowest BCUT2D eigenvalue weighted by atomic mass is 10.1. The quantitative estimate of drug-likeness (QED) is 0.800. The summed E-state index contributed by atoms with van der Waals surface area (Å²) in [7, 11) is 0. The second kappa shape index (κ2) is 6.74.